The van der Waals surface area contributed by atoms with Crippen molar-refractivity contribution in [1.82, 2.24) is 14.8 Å². The first-order valence-electron chi connectivity index (χ1n) is 9.54. The van der Waals surface area contributed by atoms with E-state index in [1.54, 1.807) is 17.8 Å². The van der Waals surface area contributed by atoms with Crippen LogP contribution in [0.3, 0.4) is 0 Å². The molecule has 7 nitrogen and oxygen atoms in total. The van der Waals surface area contributed by atoms with E-state index in [1.165, 1.54) is 11.8 Å². The monoisotopic (exact) mass is 452 g/mol. The molecule has 1 fully saturated rings. The van der Waals surface area contributed by atoms with E-state index in [0.29, 0.717) is 5.17 Å². The number of para-hydroxylation sites is 1. The maximum Gasteiger partial charge on any atom is 0.418 e. The lowest BCUT2D eigenvalue weighted by molar-refractivity contribution is -0.119. The molecular formula is C21H29ClN4O3S. The highest BCUT2D eigenvalue weighted by Gasteiger charge is 2.36. The van der Waals surface area contributed by atoms with Crippen molar-refractivity contribution in [3.8, 4) is 0 Å². The van der Waals surface area contributed by atoms with Crippen LogP contribution in [-0.2, 0) is 9.53 Å². The lowest BCUT2D eigenvalue weighted by atomic mass is 9.96. The van der Waals surface area contributed by atoms with Gasteiger partial charge in [-0.1, -0.05) is 36.9 Å². The highest BCUT2D eigenvalue weighted by atomic mass is 35.5. The van der Waals surface area contributed by atoms with Crippen LogP contribution in [0, 0.1) is 0 Å². The summed E-state index contributed by atoms with van der Waals surface area (Å²) in [4.78, 5) is 31.4. The normalized spacial score (nSPS) is 19.1. The number of rotatable bonds is 5. The SMILES string of the molecule is CN=C1NC(=O)C(C(C)c2cn(C(=O)OCC(C)(C)N(C)C)c3ccccc23)S1.Cl. The fourth-order valence-corrected chi connectivity index (χ4v) is 4.16. The Morgan fingerprint density at radius 3 is 2.63 bits per heavy atom. The zero-order valence-corrected chi connectivity index (χ0v) is 19.8. The number of nitrogens with one attached hydrogen (secondary N) is 1. The van der Waals surface area contributed by atoms with Crippen molar-refractivity contribution in [2.75, 3.05) is 27.7 Å². The van der Waals surface area contributed by atoms with Gasteiger partial charge in [0.1, 0.15) is 6.61 Å². The minimum atomic E-state index is -0.422. The summed E-state index contributed by atoms with van der Waals surface area (Å²) in [5, 5.41) is 4.08. The third-order valence-corrected chi connectivity index (χ3v) is 6.96. The van der Waals surface area contributed by atoms with E-state index in [0.717, 1.165) is 16.5 Å². The number of carbonyl (C=O) groups excluding carboxylic acids is 2. The molecule has 1 N–H and O–H groups in total. The zero-order chi connectivity index (χ0) is 21.3. The van der Waals surface area contributed by atoms with Gasteiger partial charge in [-0.15, -0.1) is 12.4 Å². The predicted octanol–water partition coefficient (Wildman–Crippen LogP) is 3.71. The standard InChI is InChI=1S/C21H28N4O3S.ClH/c1-13(17-18(26)23-19(22-4)29-17)15-11-25(16-10-8-7-9-14(15)16)20(27)28-12-21(2,3)24(5)6;/h7-11,13,17H,12H2,1-6H3,(H,22,23,26);1H. The summed E-state index contributed by atoms with van der Waals surface area (Å²) in [6, 6.07) is 7.69. The topological polar surface area (TPSA) is 75.9 Å². The molecule has 0 saturated carbocycles. The van der Waals surface area contributed by atoms with Crippen LogP contribution in [0.4, 0.5) is 4.79 Å². The lowest BCUT2D eigenvalue weighted by Gasteiger charge is -2.31. The number of hydrogen-bond donors (Lipinski definition) is 1. The number of aliphatic imine (C=N–C) groups is 1. The van der Waals surface area contributed by atoms with Crippen molar-refractivity contribution >= 4 is 52.2 Å². The van der Waals surface area contributed by atoms with Crippen molar-refractivity contribution < 1.29 is 14.3 Å². The van der Waals surface area contributed by atoms with Crippen molar-refractivity contribution in [3.63, 3.8) is 0 Å². The number of amidine groups is 1. The first kappa shape index (κ1) is 24.2. The summed E-state index contributed by atoms with van der Waals surface area (Å²) < 4.78 is 7.16. The fourth-order valence-electron chi connectivity index (χ4n) is 3.14. The Labute approximate surface area is 187 Å². The van der Waals surface area contributed by atoms with Crippen LogP contribution in [-0.4, -0.2) is 65.2 Å². The molecule has 3 rings (SSSR count). The molecule has 2 unspecified atom stereocenters. The molecule has 0 spiro atoms. The van der Waals surface area contributed by atoms with Crippen LogP contribution in [0.25, 0.3) is 10.9 Å². The Kier molecular flexibility index (Phi) is 7.60. The molecule has 9 heteroatoms. The number of hydrogen-bond acceptors (Lipinski definition) is 6. The van der Waals surface area contributed by atoms with Gasteiger partial charge in [0.2, 0.25) is 5.91 Å². The van der Waals surface area contributed by atoms with E-state index in [4.69, 9.17) is 4.74 Å². The summed E-state index contributed by atoms with van der Waals surface area (Å²) in [6.07, 6.45) is 1.38. The summed E-state index contributed by atoms with van der Waals surface area (Å²) in [6.45, 7) is 6.31. The molecule has 0 radical (unpaired) electrons. The Hall–Kier alpha value is -2.03. The summed E-state index contributed by atoms with van der Waals surface area (Å²) in [5.74, 6) is -0.161. The van der Waals surface area contributed by atoms with Gasteiger partial charge >= 0.3 is 6.09 Å². The van der Waals surface area contributed by atoms with Gasteiger partial charge in [-0.25, -0.2) is 4.79 Å². The molecule has 2 aromatic rings. The van der Waals surface area contributed by atoms with Gasteiger partial charge in [0.15, 0.2) is 5.17 Å². The average Bonchev–Trinajstić information content (AvgIpc) is 3.26. The maximum atomic E-state index is 12.9. The third-order valence-electron chi connectivity index (χ3n) is 5.57. The largest absolute Gasteiger partial charge is 0.447 e. The average molecular weight is 453 g/mol. The van der Waals surface area contributed by atoms with E-state index in [2.05, 4.69) is 10.3 Å². The molecule has 0 aliphatic carbocycles. The molecular weight excluding hydrogens is 424 g/mol. The van der Waals surface area contributed by atoms with Gasteiger partial charge < -0.3 is 15.0 Å². The van der Waals surface area contributed by atoms with Crippen LogP contribution in [0.5, 0.6) is 0 Å². The number of nitrogens with zero attached hydrogens (tertiary/aromatic N) is 3. The van der Waals surface area contributed by atoms with Gasteiger partial charge in [-0.3, -0.25) is 14.4 Å². The second kappa shape index (κ2) is 9.41. The molecule has 164 valence electrons. The quantitative estimate of drug-likeness (QED) is 0.748. The first-order chi connectivity index (χ1) is 13.7. The van der Waals surface area contributed by atoms with E-state index >= 15 is 0 Å². The van der Waals surface area contributed by atoms with Gasteiger partial charge in [0.25, 0.3) is 0 Å². The molecule has 1 aromatic carbocycles. The zero-order valence-electron chi connectivity index (χ0n) is 18.1. The molecule has 2 heterocycles. The third kappa shape index (κ3) is 4.66. The summed E-state index contributed by atoms with van der Waals surface area (Å²) in [7, 11) is 5.57. The maximum absolute atomic E-state index is 12.9. The van der Waals surface area contributed by atoms with Crippen molar-refractivity contribution in [1.29, 1.82) is 0 Å². The molecule has 1 amide bonds. The second-order valence-corrected chi connectivity index (χ2v) is 9.21. The molecule has 1 aromatic heterocycles. The molecule has 30 heavy (non-hydrogen) atoms. The molecule has 0 bridgehead atoms. The van der Waals surface area contributed by atoms with Crippen molar-refractivity contribution in [3.05, 3.63) is 36.0 Å². The fraction of sp³-hybridized carbons (Fsp3) is 0.476. The minimum Gasteiger partial charge on any atom is -0.447 e. The van der Waals surface area contributed by atoms with Gasteiger partial charge in [-0.2, -0.15) is 0 Å². The highest BCUT2D eigenvalue weighted by Crippen LogP contribution is 2.37. The van der Waals surface area contributed by atoms with Crippen molar-refractivity contribution in [2.45, 2.75) is 37.5 Å². The number of thioether (sulfide) groups is 1. The number of fused-ring (bicyclic) bond motifs is 1. The Morgan fingerprint density at radius 1 is 1.37 bits per heavy atom. The van der Waals surface area contributed by atoms with Gasteiger partial charge in [0, 0.05) is 30.1 Å². The summed E-state index contributed by atoms with van der Waals surface area (Å²) in [5.41, 5.74) is 1.44. The van der Waals surface area contributed by atoms with Gasteiger partial charge in [-0.05, 0) is 39.6 Å². The number of halogens is 1. The predicted molar refractivity (Wildman–Crippen MR) is 125 cm³/mol. The number of benzene rings is 1. The summed E-state index contributed by atoms with van der Waals surface area (Å²) >= 11 is 1.42. The van der Waals surface area contributed by atoms with Crippen LogP contribution in [0.15, 0.2) is 35.5 Å². The van der Waals surface area contributed by atoms with Crippen LogP contribution < -0.4 is 5.32 Å². The van der Waals surface area contributed by atoms with Crippen LogP contribution >= 0.6 is 24.2 Å². The number of likely N-dealkylation sites (N-methyl/N-ethyl adjacent to an activating group) is 1. The number of carbonyl (C=O) groups is 2. The highest BCUT2D eigenvalue weighted by molar-refractivity contribution is 8.15. The minimum absolute atomic E-state index is 0. The van der Waals surface area contributed by atoms with Crippen molar-refractivity contribution in [2.24, 2.45) is 4.99 Å². The molecule has 1 aliphatic rings. The number of ether oxygens (including phenoxy) is 1. The molecule has 2 atom stereocenters. The Balaban J connectivity index is 0.00000320. The number of amides is 1. The smallest absolute Gasteiger partial charge is 0.418 e. The van der Waals surface area contributed by atoms with Crippen LogP contribution in [0.1, 0.15) is 32.3 Å². The van der Waals surface area contributed by atoms with Gasteiger partial charge in [0.05, 0.1) is 10.8 Å². The Morgan fingerprint density at radius 2 is 2.03 bits per heavy atom. The van der Waals surface area contributed by atoms with Crippen LogP contribution in [0.2, 0.25) is 0 Å². The molecule has 1 aliphatic heterocycles. The lowest BCUT2D eigenvalue weighted by Crippen LogP contribution is -2.43. The first-order valence-corrected chi connectivity index (χ1v) is 10.4. The van der Waals surface area contributed by atoms with E-state index < -0.39 is 6.09 Å². The van der Waals surface area contributed by atoms with E-state index in [-0.39, 0.29) is 41.6 Å². The molecule has 1 saturated heterocycles. The number of aromatic nitrogens is 1. The van der Waals surface area contributed by atoms with E-state index in [1.807, 2.05) is 64.0 Å². The van der Waals surface area contributed by atoms with E-state index in [9.17, 15) is 9.59 Å². The Bertz CT molecular complexity index is 970. The second-order valence-electron chi connectivity index (χ2n) is 8.08.